The quantitative estimate of drug-likeness (QED) is 0.536. The molecule has 2 N–H and O–H groups in total. The van der Waals surface area contributed by atoms with Crippen molar-refractivity contribution in [3.05, 3.63) is 57.0 Å². The van der Waals surface area contributed by atoms with E-state index in [-0.39, 0.29) is 17.1 Å². The van der Waals surface area contributed by atoms with Crippen LogP contribution in [0.1, 0.15) is 22.8 Å². The van der Waals surface area contributed by atoms with Crippen molar-refractivity contribution in [2.24, 2.45) is 5.10 Å². The number of hydrazone groups is 1. The third-order valence-corrected chi connectivity index (χ3v) is 3.66. The lowest BCUT2D eigenvalue weighted by Gasteiger charge is -2.12. The Morgan fingerprint density at radius 1 is 1.36 bits per heavy atom. The Morgan fingerprint density at radius 3 is 2.60 bits per heavy atom. The number of halogens is 4. The number of phenols is 1. The zero-order chi connectivity index (χ0) is 18.6. The van der Waals surface area contributed by atoms with Gasteiger partial charge in [-0.2, -0.15) is 13.9 Å². The van der Waals surface area contributed by atoms with Crippen LogP contribution in [0.5, 0.6) is 11.5 Å². The number of hydrogen-bond donors (Lipinski definition) is 2. The molecule has 0 radical (unpaired) electrons. The minimum atomic E-state index is -3.30. The van der Waals surface area contributed by atoms with E-state index in [1.54, 1.807) is 0 Å². The number of hydrogen-bond acceptors (Lipinski definition) is 4. The number of ether oxygens (including phenoxy) is 1. The minimum Gasteiger partial charge on any atom is -0.506 e. The molecule has 2 aromatic carbocycles. The van der Waals surface area contributed by atoms with E-state index in [0.717, 1.165) is 0 Å². The Hall–Kier alpha value is -2.19. The van der Waals surface area contributed by atoms with Crippen LogP contribution in [0.2, 0.25) is 5.02 Å². The van der Waals surface area contributed by atoms with E-state index in [9.17, 15) is 18.7 Å². The Morgan fingerprint density at radius 2 is 2.00 bits per heavy atom. The maximum Gasteiger partial charge on any atom is 0.394 e. The summed E-state index contributed by atoms with van der Waals surface area (Å²) in [6.45, 7) is 0.617. The highest BCUT2D eigenvalue weighted by molar-refractivity contribution is 9.10. The van der Waals surface area contributed by atoms with Gasteiger partial charge in [0.25, 0.3) is 5.91 Å². The van der Waals surface area contributed by atoms with Gasteiger partial charge in [0.05, 0.1) is 10.7 Å². The van der Waals surface area contributed by atoms with E-state index in [1.165, 1.54) is 42.6 Å². The molecule has 0 heterocycles. The molecule has 0 atom stereocenters. The maximum atomic E-state index is 12.7. The molecule has 9 heteroatoms. The second-order valence-corrected chi connectivity index (χ2v) is 6.25. The lowest BCUT2D eigenvalue weighted by molar-refractivity contribution is -0.158. The number of nitrogens with zero attached hydrogens (tertiary/aromatic N) is 1. The van der Waals surface area contributed by atoms with Crippen LogP contribution in [0, 0.1) is 0 Å². The molecule has 25 heavy (non-hydrogen) atoms. The summed E-state index contributed by atoms with van der Waals surface area (Å²) < 4.78 is 30.2. The van der Waals surface area contributed by atoms with Gasteiger partial charge in [-0.25, -0.2) is 5.43 Å². The Labute approximate surface area is 155 Å². The van der Waals surface area contributed by atoms with Gasteiger partial charge in [-0.3, -0.25) is 4.79 Å². The first kappa shape index (κ1) is 19.1. The van der Waals surface area contributed by atoms with Gasteiger partial charge >= 0.3 is 6.11 Å². The summed E-state index contributed by atoms with van der Waals surface area (Å²) in [5.41, 5.74) is 2.75. The molecule has 1 amide bonds. The molecular formula is C16H12BrClF2N2O3. The lowest BCUT2D eigenvalue weighted by Crippen LogP contribution is -2.20. The highest BCUT2D eigenvalue weighted by atomic mass is 79.9. The van der Waals surface area contributed by atoms with E-state index in [2.05, 4.69) is 31.2 Å². The molecular weight excluding hydrogens is 422 g/mol. The monoisotopic (exact) mass is 432 g/mol. The van der Waals surface area contributed by atoms with Crippen LogP contribution in [0.25, 0.3) is 0 Å². The molecule has 0 fully saturated rings. The minimum absolute atomic E-state index is 0.0683. The highest BCUT2D eigenvalue weighted by Crippen LogP contribution is 2.30. The molecule has 0 aliphatic rings. The fourth-order valence-corrected chi connectivity index (χ4v) is 2.62. The van der Waals surface area contributed by atoms with Crippen LogP contribution in [0.3, 0.4) is 0 Å². The van der Waals surface area contributed by atoms with Gasteiger partial charge < -0.3 is 9.84 Å². The van der Waals surface area contributed by atoms with Crippen molar-refractivity contribution < 1.29 is 23.4 Å². The largest absolute Gasteiger partial charge is 0.506 e. The number of alkyl halides is 2. The average molecular weight is 434 g/mol. The van der Waals surface area contributed by atoms with Crippen molar-refractivity contribution in [1.82, 2.24) is 5.43 Å². The first-order chi connectivity index (χ1) is 11.7. The molecule has 5 nitrogen and oxygen atoms in total. The smallest absolute Gasteiger partial charge is 0.394 e. The molecule has 0 spiro atoms. The molecule has 0 aliphatic heterocycles. The van der Waals surface area contributed by atoms with Gasteiger partial charge in [-0.15, -0.1) is 0 Å². The number of phenolic OH excluding ortho intramolecular Hbond substituents is 1. The summed E-state index contributed by atoms with van der Waals surface area (Å²) >= 11 is 9.00. The number of carbonyl (C=O) groups is 1. The van der Waals surface area contributed by atoms with Crippen LogP contribution in [-0.2, 0) is 0 Å². The van der Waals surface area contributed by atoms with E-state index < -0.39 is 12.0 Å². The topological polar surface area (TPSA) is 70.9 Å². The maximum absolute atomic E-state index is 12.7. The summed E-state index contributed by atoms with van der Waals surface area (Å²) in [6, 6.07) is 8.11. The summed E-state index contributed by atoms with van der Waals surface area (Å²) in [5.74, 6) is -0.711. The van der Waals surface area contributed by atoms with Crippen molar-refractivity contribution >= 4 is 39.7 Å². The predicted molar refractivity (Wildman–Crippen MR) is 93.6 cm³/mol. The van der Waals surface area contributed by atoms with Gasteiger partial charge in [0, 0.05) is 23.1 Å². The molecule has 132 valence electrons. The van der Waals surface area contributed by atoms with E-state index in [4.69, 9.17) is 11.6 Å². The number of nitrogens with one attached hydrogen (secondary N) is 1. The molecule has 0 aromatic heterocycles. The first-order valence-corrected chi connectivity index (χ1v) is 8.01. The third-order valence-electron chi connectivity index (χ3n) is 2.84. The van der Waals surface area contributed by atoms with Crippen LogP contribution in [-0.4, -0.2) is 23.3 Å². The molecule has 0 bridgehead atoms. The fraction of sp³-hybridized carbons (Fsp3) is 0.125. The van der Waals surface area contributed by atoms with Gasteiger partial charge in [0.15, 0.2) is 0 Å². The van der Waals surface area contributed by atoms with E-state index in [0.29, 0.717) is 22.0 Å². The van der Waals surface area contributed by atoms with Crippen molar-refractivity contribution in [3.63, 3.8) is 0 Å². The molecule has 2 aromatic rings. The van der Waals surface area contributed by atoms with Crippen molar-refractivity contribution in [1.29, 1.82) is 0 Å². The van der Waals surface area contributed by atoms with Crippen LogP contribution >= 0.6 is 27.5 Å². The summed E-state index contributed by atoms with van der Waals surface area (Å²) in [7, 11) is 0. The summed E-state index contributed by atoms with van der Waals surface area (Å²) in [5, 5.41) is 13.9. The second-order valence-electron chi connectivity index (χ2n) is 4.96. The summed E-state index contributed by atoms with van der Waals surface area (Å²) in [6.07, 6.45) is -2.08. The number of aromatic hydroxyl groups is 1. The number of benzene rings is 2. The van der Waals surface area contributed by atoms with Gasteiger partial charge in [-0.1, -0.05) is 11.6 Å². The van der Waals surface area contributed by atoms with Gasteiger partial charge in [0.1, 0.15) is 11.5 Å². The first-order valence-electron chi connectivity index (χ1n) is 6.84. The number of rotatable bonds is 5. The lowest BCUT2D eigenvalue weighted by atomic mass is 10.2. The van der Waals surface area contributed by atoms with Gasteiger partial charge in [0.2, 0.25) is 0 Å². The Balaban J connectivity index is 2.03. The molecule has 2 rings (SSSR count). The molecule has 0 saturated heterocycles. The normalized spacial score (nSPS) is 11.6. The molecule has 0 unspecified atom stereocenters. The Kier molecular flexibility index (Phi) is 5.97. The molecule has 0 aliphatic carbocycles. The SMILES string of the molecule is CC(F)(F)Oc1ccc(C(=O)N/N=C/c2cc(Cl)cc(Br)c2O)cc1. The van der Waals surface area contributed by atoms with E-state index in [1.807, 2.05) is 0 Å². The Bertz CT molecular complexity index is 808. The van der Waals surface area contributed by atoms with Crippen LogP contribution < -0.4 is 10.2 Å². The average Bonchev–Trinajstić information content (AvgIpc) is 2.51. The summed E-state index contributed by atoms with van der Waals surface area (Å²) in [4.78, 5) is 11.9. The van der Waals surface area contributed by atoms with Crippen molar-refractivity contribution in [3.8, 4) is 11.5 Å². The van der Waals surface area contributed by atoms with Gasteiger partial charge in [-0.05, 0) is 52.3 Å². The third kappa shape index (κ3) is 5.68. The zero-order valence-corrected chi connectivity index (χ0v) is 15.1. The van der Waals surface area contributed by atoms with E-state index >= 15 is 0 Å². The van der Waals surface area contributed by atoms with Crippen LogP contribution in [0.4, 0.5) is 8.78 Å². The highest BCUT2D eigenvalue weighted by Gasteiger charge is 2.23. The second kappa shape index (κ2) is 7.79. The van der Waals surface area contributed by atoms with Crippen LogP contribution in [0.15, 0.2) is 46.0 Å². The standard InChI is InChI=1S/C16H12BrClF2N2O3/c1-16(19,20)25-12-4-2-9(3-5-12)15(24)22-21-8-10-6-11(18)7-13(17)14(10)23/h2-8,23H,1H3,(H,22,24)/b21-8+. The number of carbonyl (C=O) groups excluding carboxylic acids is 1. The number of amides is 1. The zero-order valence-electron chi connectivity index (χ0n) is 12.8. The van der Waals surface area contributed by atoms with Crippen molar-refractivity contribution in [2.75, 3.05) is 0 Å². The fourth-order valence-electron chi connectivity index (χ4n) is 1.79. The molecule has 0 saturated carbocycles. The predicted octanol–water partition coefficient (Wildman–Crippen LogP) is 4.56. The van der Waals surface area contributed by atoms with Crippen molar-refractivity contribution in [2.45, 2.75) is 13.0 Å².